The number of halogens is 1. The van der Waals surface area contributed by atoms with Gasteiger partial charge >= 0.3 is 0 Å². The lowest BCUT2D eigenvalue weighted by molar-refractivity contribution is 0.318. The molecule has 0 heterocycles. The highest BCUT2D eigenvalue weighted by Gasteiger charge is 2.07. The van der Waals surface area contributed by atoms with Crippen molar-refractivity contribution in [1.82, 2.24) is 0 Å². The van der Waals surface area contributed by atoms with Crippen molar-refractivity contribution >= 4 is 17.6 Å². The second-order valence-electron chi connectivity index (χ2n) is 4.16. The Kier molecular flexibility index (Phi) is 5.28. The molecule has 1 aromatic carbocycles. The molecular weight excluding hydrogens is 239 g/mol. The van der Waals surface area contributed by atoms with Gasteiger partial charge in [-0.05, 0) is 36.3 Å². The highest BCUT2D eigenvalue weighted by molar-refractivity contribution is 7.99. The molecule has 1 aromatic rings. The number of amidine groups is 1. The van der Waals surface area contributed by atoms with Crippen LogP contribution in [0.5, 0.6) is 0 Å². The monoisotopic (exact) mass is 256 g/mol. The van der Waals surface area contributed by atoms with Crippen molar-refractivity contribution in [2.75, 3.05) is 5.75 Å². The van der Waals surface area contributed by atoms with Gasteiger partial charge in [-0.25, -0.2) is 4.39 Å². The number of hydrogen-bond acceptors (Lipinski definition) is 3. The van der Waals surface area contributed by atoms with Crippen LogP contribution in [0.15, 0.2) is 28.3 Å². The van der Waals surface area contributed by atoms with E-state index in [0.717, 1.165) is 12.2 Å². The second kappa shape index (κ2) is 6.49. The Morgan fingerprint density at radius 2 is 2.24 bits per heavy atom. The molecule has 94 valence electrons. The first-order chi connectivity index (χ1) is 8.04. The highest BCUT2D eigenvalue weighted by atomic mass is 32.2. The molecule has 0 aliphatic carbocycles. The Balaban J connectivity index is 2.70. The van der Waals surface area contributed by atoms with Gasteiger partial charge in [0.25, 0.3) is 0 Å². The molecule has 0 aliphatic rings. The summed E-state index contributed by atoms with van der Waals surface area (Å²) in [6.45, 7) is 4.27. The maximum Gasteiger partial charge on any atom is 0.170 e. The smallest absolute Gasteiger partial charge is 0.170 e. The summed E-state index contributed by atoms with van der Waals surface area (Å²) in [6.07, 6.45) is 1.05. The molecule has 0 aromatic heterocycles. The summed E-state index contributed by atoms with van der Waals surface area (Å²) in [6, 6.07) is 4.59. The van der Waals surface area contributed by atoms with E-state index in [0.29, 0.717) is 16.4 Å². The third kappa shape index (κ3) is 4.26. The number of benzene rings is 1. The first-order valence-electron chi connectivity index (χ1n) is 5.45. The lowest BCUT2D eigenvalue weighted by Gasteiger charge is -2.06. The number of nitrogens with zero attached hydrogens (tertiary/aromatic N) is 1. The van der Waals surface area contributed by atoms with Gasteiger partial charge in [-0.2, -0.15) is 0 Å². The van der Waals surface area contributed by atoms with Crippen LogP contribution in [-0.4, -0.2) is 16.8 Å². The molecule has 0 bridgehead atoms. The Morgan fingerprint density at radius 3 is 2.76 bits per heavy atom. The van der Waals surface area contributed by atoms with Gasteiger partial charge in [0.05, 0.1) is 0 Å². The van der Waals surface area contributed by atoms with Crippen LogP contribution < -0.4 is 5.73 Å². The van der Waals surface area contributed by atoms with Crippen molar-refractivity contribution in [2.24, 2.45) is 16.8 Å². The Hall–Kier alpha value is -1.23. The number of rotatable bonds is 5. The quantitative estimate of drug-likeness (QED) is 0.280. The topological polar surface area (TPSA) is 58.6 Å². The predicted octanol–water partition coefficient (Wildman–Crippen LogP) is 3.06. The summed E-state index contributed by atoms with van der Waals surface area (Å²) in [5.41, 5.74) is 5.77. The van der Waals surface area contributed by atoms with Crippen LogP contribution in [0.1, 0.15) is 25.8 Å². The van der Waals surface area contributed by atoms with E-state index in [1.807, 2.05) is 0 Å². The van der Waals surface area contributed by atoms with E-state index in [2.05, 4.69) is 19.0 Å². The summed E-state index contributed by atoms with van der Waals surface area (Å²) in [5, 5.41) is 11.3. The third-order valence-corrected chi connectivity index (χ3v) is 3.37. The van der Waals surface area contributed by atoms with Crippen LogP contribution in [0.2, 0.25) is 0 Å². The van der Waals surface area contributed by atoms with Crippen molar-refractivity contribution in [3.8, 4) is 0 Å². The third-order valence-electron chi connectivity index (χ3n) is 2.29. The van der Waals surface area contributed by atoms with E-state index in [9.17, 15) is 4.39 Å². The first kappa shape index (κ1) is 13.8. The van der Waals surface area contributed by atoms with Gasteiger partial charge in [-0.1, -0.05) is 19.0 Å². The minimum atomic E-state index is -0.331. The molecule has 0 spiro atoms. The lowest BCUT2D eigenvalue weighted by Crippen LogP contribution is -2.13. The summed E-state index contributed by atoms with van der Waals surface area (Å²) >= 11 is 1.49. The van der Waals surface area contributed by atoms with Crippen molar-refractivity contribution in [2.45, 2.75) is 25.2 Å². The van der Waals surface area contributed by atoms with Gasteiger partial charge in [0, 0.05) is 10.5 Å². The standard InChI is InChI=1S/C12H17FN2OS/c1-8(2)5-6-17-11-4-3-9(7-10(11)13)12(14)15-16/h3-4,7-8,16H,5-6H2,1-2H3,(H2,14,15). The maximum absolute atomic E-state index is 13.7. The van der Waals surface area contributed by atoms with Crippen LogP contribution in [0.25, 0.3) is 0 Å². The van der Waals surface area contributed by atoms with E-state index >= 15 is 0 Å². The molecule has 3 N–H and O–H groups in total. The fraction of sp³-hybridized carbons (Fsp3) is 0.417. The van der Waals surface area contributed by atoms with E-state index < -0.39 is 0 Å². The molecule has 0 aliphatic heterocycles. The molecule has 0 saturated heterocycles. The zero-order valence-electron chi connectivity index (χ0n) is 9.98. The van der Waals surface area contributed by atoms with Crippen LogP contribution in [0, 0.1) is 11.7 Å². The minimum absolute atomic E-state index is 0.0809. The number of oxime groups is 1. The van der Waals surface area contributed by atoms with E-state index in [1.54, 1.807) is 12.1 Å². The lowest BCUT2D eigenvalue weighted by atomic mass is 10.2. The maximum atomic E-state index is 13.7. The fourth-order valence-corrected chi connectivity index (χ4v) is 2.41. The van der Waals surface area contributed by atoms with E-state index in [4.69, 9.17) is 10.9 Å². The van der Waals surface area contributed by atoms with Crippen molar-refractivity contribution in [3.63, 3.8) is 0 Å². The summed E-state index contributed by atoms with van der Waals surface area (Å²) in [7, 11) is 0. The van der Waals surface area contributed by atoms with E-state index in [1.165, 1.54) is 17.8 Å². The second-order valence-corrected chi connectivity index (χ2v) is 5.30. The predicted molar refractivity (Wildman–Crippen MR) is 69.1 cm³/mol. The largest absolute Gasteiger partial charge is 0.409 e. The number of hydrogen-bond donors (Lipinski definition) is 2. The molecule has 0 radical (unpaired) electrons. The van der Waals surface area contributed by atoms with Gasteiger partial charge in [0.1, 0.15) is 5.82 Å². The molecule has 0 fully saturated rings. The normalized spacial score (nSPS) is 12.1. The molecule has 5 heteroatoms. The molecule has 0 saturated carbocycles. The Morgan fingerprint density at radius 1 is 1.53 bits per heavy atom. The zero-order chi connectivity index (χ0) is 12.8. The highest BCUT2D eigenvalue weighted by Crippen LogP contribution is 2.24. The Bertz CT molecular complexity index is 407. The van der Waals surface area contributed by atoms with Gasteiger partial charge in [-0.15, -0.1) is 11.8 Å². The van der Waals surface area contributed by atoms with Crippen molar-refractivity contribution < 1.29 is 9.60 Å². The van der Waals surface area contributed by atoms with Gasteiger partial charge in [0.2, 0.25) is 0 Å². The van der Waals surface area contributed by atoms with Gasteiger partial charge < -0.3 is 10.9 Å². The fourth-order valence-electron chi connectivity index (χ4n) is 1.24. The van der Waals surface area contributed by atoms with E-state index in [-0.39, 0.29) is 11.7 Å². The average Bonchev–Trinajstić information content (AvgIpc) is 2.29. The Labute approximate surface area is 105 Å². The van der Waals surface area contributed by atoms with Crippen molar-refractivity contribution in [3.05, 3.63) is 29.6 Å². The average molecular weight is 256 g/mol. The molecule has 0 amide bonds. The summed E-state index contributed by atoms with van der Waals surface area (Å²) in [5.74, 6) is 1.09. The first-order valence-corrected chi connectivity index (χ1v) is 6.43. The van der Waals surface area contributed by atoms with Crippen LogP contribution >= 0.6 is 11.8 Å². The van der Waals surface area contributed by atoms with Gasteiger partial charge in [-0.3, -0.25) is 0 Å². The van der Waals surface area contributed by atoms with Crippen LogP contribution in [0.3, 0.4) is 0 Å². The summed E-state index contributed by atoms with van der Waals surface area (Å²) in [4.78, 5) is 0.597. The number of nitrogens with two attached hydrogens (primary N) is 1. The van der Waals surface area contributed by atoms with Gasteiger partial charge in [0.15, 0.2) is 5.84 Å². The van der Waals surface area contributed by atoms with Crippen LogP contribution in [0.4, 0.5) is 4.39 Å². The minimum Gasteiger partial charge on any atom is -0.409 e. The zero-order valence-corrected chi connectivity index (χ0v) is 10.8. The summed E-state index contributed by atoms with van der Waals surface area (Å²) < 4.78 is 13.7. The molecule has 0 atom stereocenters. The molecule has 1 rings (SSSR count). The molecule has 3 nitrogen and oxygen atoms in total. The number of thioether (sulfide) groups is 1. The van der Waals surface area contributed by atoms with Crippen LogP contribution in [-0.2, 0) is 0 Å². The van der Waals surface area contributed by atoms with Crippen molar-refractivity contribution in [1.29, 1.82) is 0 Å². The molecule has 0 unspecified atom stereocenters. The molecular formula is C12H17FN2OS. The molecule has 17 heavy (non-hydrogen) atoms. The SMILES string of the molecule is CC(C)CCSc1ccc(/C(N)=N/O)cc1F.